The van der Waals surface area contributed by atoms with Crippen LogP contribution in [-0.4, -0.2) is 35.0 Å². The largest absolute Gasteiger partial charge is 0.366 e. The van der Waals surface area contributed by atoms with Crippen molar-refractivity contribution < 1.29 is 9.59 Å². The van der Waals surface area contributed by atoms with Gasteiger partial charge in [-0.2, -0.15) is 0 Å². The summed E-state index contributed by atoms with van der Waals surface area (Å²) in [7, 11) is 0. The van der Waals surface area contributed by atoms with Crippen molar-refractivity contribution in [2.75, 3.05) is 13.1 Å². The number of rotatable bonds is 0. The highest BCUT2D eigenvalue weighted by atomic mass is 16.2. The molecular weight excluding hydrogens is 232 g/mol. The van der Waals surface area contributed by atoms with Crippen LogP contribution in [0.4, 0.5) is 9.59 Å². The maximum absolute atomic E-state index is 11.6. The molecule has 0 aromatic rings. The van der Waals surface area contributed by atoms with Crippen LogP contribution in [0.2, 0.25) is 0 Å². The first kappa shape index (κ1) is 12.0. The summed E-state index contributed by atoms with van der Waals surface area (Å²) in [6, 6.07) is -1.11. The fourth-order valence-corrected chi connectivity index (χ4v) is 1.42. The summed E-state index contributed by atoms with van der Waals surface area (Å²) in [5.74, 6) is 0. The van der Waals surface area contributed by atoms with Crippen LogP contribution in [0.1, 0.15) is 0 Å². The van der Waals surface area contributed by atoms with Crippen molar-refractivity contribution in [1.82, 2.24) is 9.80 Å². The summed E-state index contributed by atoms with van der Waals surface area (Å²) < 4.78 is 0. The molecule has 0 fully saturated rings. The van der Waals surface area contributed by atoms with Gasteiger partial charge in [0.2, 0.25) is 0 Å². The SMILES string of the molecule is O=C(N=NC(=O)N1C=CC=CC1)N1C=CC=CC1. The maximum Gasteiger partial charge on any atom is 0.366 e. The number of carbonyl (C=O) groups is 2. The Labute approximate surface area is 104 Å². The first-order chi connectivity index (χ1) is 8.77. The average Bonchev–Trinajstić information content (AvgIpc) is 2.46. The fourth-order valence-electron chi connectivity index (χ4n) is 1.42. The Hall–Kier alpha value is -2.50. The Bertz CT molecular complexity index is 444. The number of urea groups is 2. The van der Waals surface area contributed by atoms with Crippen LogP contribution < -0.4 is 0 Å². The topological polar surface area (TPSA) is 65.3 Å². The highest BCUT2D eigenvalue weighted by Crippen LogP contribution is 2.04. The smallest absolute Gasteiger partial charge is 0.294 e. The number of hydrogen-bond acceptors (Lipinski definition) is 2. The minimum atomic E-state index is -0.555. The van der Waals surface area contributed by atoms with E-state index in [9.17, 15) is 9.59 Å². The van der Waals surface area contributed by atoms with Crippen molar-refractivity contribution in [3.8, 4) is 0 Å². The quantitative estimate of drug-likeness (QED) is 0.614. The first-order valence-electron chi connectivity index (χ1n) is 5.47. The van der Waals surface area contributed by atoms with Crippen molar-refractivity contribution in [1.29, 1.82) is 0 Å². The van der Waals surface area contributed by atoms with Gasteiger partial charge in [-0.3, -0.25) is 9.80 Å². The van der Waals surface area contributed by atoms with Gasteiger partial charge in [0.25, 0.3) is 0 Å². The van der Waals surface area contributed by atoms with Crippen LogP contribution in [0.15, 0.2) is 59.1 Å². The number of nitrogens with zero attached hydrogens (tertiary/aromatic N) is 4. The van der Waals surface area contributed by atoms with Crippen molar-refractivity contribution in [3.05, 3.63) is 48.9 Å². The molecule has 0 unspecified atom stereocenters. The Morgan fingerprint density at radius 2 is 1.22 bits per heavy atom. The Morgan fingerprint density at radius 3 is 1.56 bits per heavy atom. The second-order valence-corrected chi connectivity index (χ2v) is 3.61. The third-order valence-corrected chi connectivity index (χ3v) is 2.34. The third-order valence-electron chi connectivity index (χ3n) is 2.34. The molecule has 0 N–H and O–H groups in total. The lowest BCUT2D eigenvalue weighted by molar-refractivity contribution is 0.219. The van der Waals surface area contributed by atoms with E-state index >= 15 is 0 Å². The predicted octanol–water partition coefficient (Wildman–Crippen LogP) is 2.45. The molecule has 92 valence electrons. The number of carbonyl (C=O) groups excluding carboxylic acids is 2. The number of allylic oxidation sites excluding steroid dienone is 4. The van der Waals surface area contributed by atoms with Gasteiger partial charge in [0.1, 0.15) is 0 Å². The van der Waals surface area contributed by atoms with E-state index in [4.69, 9.17) is 0 Å². The standard InChI is InChI=1S/C12H12N4O2/c17-11(15-7-3-1-4-8-15)13-14-12(18)16-9-5-2-6-10-16/h1-7,9H,8,10H2. The predicted molar refractivity (Wildman–Crippen MR) is 65.6 cm³/mol. The van der Waals surface area contributed by atoms with Crippen molar-refractivity contribution >= 4 is 12.1 Å². The monoisotopic (exact) mass is 244 g/mol. The number of amides is 4. The van der Waals surface area contributed by atoms with E-state index in [0.29, 0.717) is 13.1 Å². The zero-order valence-corrected chi connectivity index (χ0v) is 9.64. The second kappa shape index (κ2) is 5.72. The van der Waals surface area contributed by atoms with Gasteiger partial charge in [-0.25, -0.2) is 9.59 Å². The van der Waals surface area contributed by atoms with Crippen LogP contribution in [-0.2, 0) is 0 Å². The molecule has 4 amide bonds. The first-order valence-corrected chi connectivity index (χ1v) is 5.47. The summed E-state index contributed by atoms with van der Waals surface area (Å²) in [5, 5.41) is 6.80. The molecule has 0 saturated heterocycles. The van der Waals surface area contributed by atoms with E-state index < -0.39 is 12.1 Å². The molecule has 6 nitrogen and oxygen atoms in total. The van der Waals surface area contributed by atoms with Gasteiger partial charge in [0, 0.05) is 25.5 Å². The Balaban J connectivity index is 1.90. The Kier molecular flexibility index (Phi) is 3.80. The summed E-state index contributed by atoms with van der Waals surface area (Å²) in [5.41, 5.74) is 0. The summed E-state index contributed by atoms with van der Waals surface area (Å²) in [4.78, 5) is 25.9. The summed E-state index contributed by atoms with van der Waals surface area (Å²) >= 11 is 0. The van der Waals surface area contributed by atoms with E-state index in [1.165, 1.54) is 9.80 Å². The highest BCUT2D eigenvalue weighted by molar-refractivity contribution is 5.81. The zero-order valence-electron chi connectivity index (χ0n) is 9.64. The van der Waals surface area contributed by atoms with E-state index in [1.807, 2.05) is 24.3 Å². The lowest BCUT2D eigenvalue weighted by Crippen LogP contribution is -2.26. The third kappa shape index (κ3) is 3.00. The summed E-state index contributed by atoms with van der Waals surface area (Å²) in [6.45, 7) is 0.879. The van der Waals surface area contributed by atoms with Crippen LogP contribution in [0.3, 0.4) is 0 Å². The minimum absolute atomic E-state index is 0.439. The normalized spacial score (nSPS) is 17.8. The van der Waals surface area contributed by atoms with Gasteiger partial charge in [-0.1, -0.05) is 34.5 Å². The van der Waals surface area contributed by atoms with Crippen molar-refractivity contribution in [2.24, 2.45) is 10.2 Å². The van der Waals surface area contributed by atoms with Crippen LogP contribution in [0, 0.1) is 0 Å². The van der Waals surface area contributed by atoms with Crippen LogP contribution in [0.25, 0.3) is 0 Å². The molecule has 2 heterocycles. The molecule has 0 radical (unpaired) electrons. The maximum atomic E-state index is 11.6. The van der Waals surface area contributed by atoms with Gasteiger partial charge >= 0.3 is 12.1 Å². The lowest BCUT2D eigenvalue weighted by Gasteiger charge is -2.16. The van der Waals surface area contributed by atoms with E-state index in [1.54, 1.807) is 24.6 Å². The highest BCUT2D eigenvalue weighted by Gasteiger charge is 2.13. The molecule has 0 saturated carbocycles. The molecule has 2 rings (SSSR count). The minimum Gasteiger partial charge on any atom is -0.294 e. The average molecular weight is 244 g/mol. The molecule has 0 spiro atoms. The number of hydrogen-bond donors (Lipinski definition) is 0. The molecular formula is C12H12N4O2. The summed E-state index contributed by atoms with van der Waals surface area (Å²) in [6.07, 6.45) is 13.9. The van der Waals surface area contributed by atoms with E-state index in [0.717, 1.165) is 0 Å². The molecule has 0 aromatic heterocycles. The van der Waals surface area contributed by atoms with Crippen LogP contribution >= 0.6 is 0 Å². The van der Waals surface area contributed by atoms with Gasteiger partial charge in [0.15, 0.2) is 0 Å². The molecule has 2 aliphatic rings. The molecule has 0 atom stereocenters. The van der Waals surface area contributed by atoms with E-state index in [-0.39, 0.29) is 0 Å². The van der Waals surface area contributed by atoms with Crippen molar-refractivity contribution in [3.63, 3.8) is 0 Å². The fraction of sp³-hybridized carbons (Fsp3) is 0.167. The van der Waals surface area contributed by atoms with Gasteiger partial charge in [-0.05, 0) is 12.2 Å². The van der Waals surface area contributed by atoms with Crippen molar-refractivity contribution in [2.45, 2.75) is 0 Å². The van der Waals surface area contributed by atoms with Gasteiger partial charge in [0.05, 0.1) is 0 Å². The second-order valence-electron chi connectivity index (χ2n) is 3.61. The zero-order chi connectivity index (χ0) is 12.8. The Morgan fingerprint density at radius 1 is 0.778 bits per heavy atom. The van der Waals surface area contributed by atoms with E-state index in [2.05, 4.69) is 10.2 Å². The molecule has 0 aromatic carbocycles. The number of azo groups is 1. The molecule has 0 aliphatic carbocycles. The lowest BCUT2D eigenvalue weighted by atomic mass is 10.4. The van der Waals surface area contributed by atoms with Crippen LogP contribution in [0.5, 0.6) is 0 Å². The molecule has 6 heteroatoms. The van der Waals surface area contributed by atoms with Gasteiger partial charge < -0.3 is 0 Å². The molecule has 18 heavy (non-hydrogen) atoms. The van der Waals surface area contributed by atoms with Gasteiger partial charge in [-0.15, -0.1) is 0 Å². The molecule has 0 bridgehead atoms. The molecule has 2 aliphatic heterocycles.